The van der Waals surface area contributed by atoms with Crippen LogP contribution in [0.2, 0.25) is 0 Å². The predicted molar refractivity (Wildman–Crippen MR) is 84.9 cm³/mol. The number of carbonyl (C=O) groups excluding carboxylic acids is 1. The molecule has 0 atom stereocenters. The van der Waals surface area contributed by atoms with Crippen molar-refractivity contribution in [2.75, 3.05) is 24.3 Å². The minimum absolute atomic E-state index is 0.0600. The van der Waals surface area contributed by atoms with Gasteiger partial charge in [-0.05, 0) is 36.0 Å². The van der Waals surface area contributed by atoms with E-state index in [2.05, 4.69) is 10.3 Å². The van der Waals surface area contributed by atoms with Crippen LogP contribution in [0.5, 0.6) is 0 Å². The van der Waals surface area contributed by atoms with Crippen molar-refractivity contribution >= 4 is 29.2 Å². The number of thioether (sulfide) groups is 1. The molecule has 0 fully saturated rings. The lowest BCUT2D eigenvalue weighted by Crippen LogP contribution is -2.16. The minimum atomic E-state index is -4.42. The van der Waals surface area contributed by atoms with Crippen LogP contribution in [0.15, 0.2) is 47.5 Å². The van der Waals surface area contributed by atoms with Crippen molar-refractivity contribution in [1.29, 1.82) is 0 Å². The quantitative estimate of drug-likeness (QED) is 0.854. The third-order valence-corrected chi connectivity index (χ3v) is 3.63. The fraction of sp³-hybridized carbons (Fsp3) is 0.200. The molecule has 0 unspecified atom stereocenters. The highest BCUT2D eigenvalue weighted by molar-refractivity contribution is 8.00. The molecule has 1 aromatic carbocycles. The molecule has 0 spiro atoms. The monoisotopic (exact) mass is 341 g/mol. The molecular formula is C15H14F3N3OS. The first-order valence-electron chi connectivity index (χ1n) is 6.56. The zero-order chi connectivity index (χ0) is 17.0. The Morgan fingerprint density at radius 2 is 1.91 bits per heavy atom. The van der Waals surface area contributed by atoms with Gasteiger partial charge in [0.1, 0.15) is 5.82 Å². The molecule has 4 nitrogen and oxygen atoms in total. The van der Waals surface area contributed by atoms with Crippen LogP contribution < -0.4 is 10.2 Å². The largest absolute Gasteiger partial charge is 0.446 e. The van der Waals surface area contributed by atoms with Crippen LogP contribution in [0.3, 0.4) is 0 Å². The maximum atomic E-state index is 12.6. The van der Waals surface area contributed by atoms with Crippen LogP contribution in [0.25, 0.3) is 0 Å². The number of amides is 1. The Balaban J connectivity index is 2.22. The molecule has 0 bridgehead atoms. The smallest absolute Gasteiger partial charge is 0.363 e. The molecule has 122 valence electrons. The molecule has 0 aliphatic rings. The summed E-state index contributed by atoms with van der Waals surface area (Å²) in [4.78, 5) is 18.0. The van der Waals surface area contributed by atoms with Crippen LogP contribution in [-0.2, 0) is 0 Å². The Hall–Kier alpha value is -2.22. The second-order valence-corrected chi connectivity index (χ2v) is 5.90. The Bertz CT molecular complexity index is 704. The summed E-state index contributed by atoms with van der Waals surface area (Å²) in [6.45, 7) is 0. The zero-order valence-electron chi connectivity index (χ0n) is 12.4. The summed E-state index contributed by atoms with van der Waals surface area (Å²) in [6.07, 6.45) is 1.47. The molecule has 23 heavy (non-hydrogen) atoms. The number of carbonyl (C=O) groups is 1. The summed E-state index contributed by atoms with van der Waals surface area (Å²) in [5.41, 5.74) is -3.99. The molecule has 0 saturated carbocycles. The maximum absolute atomic E-state index is 12.6. The van der Waals surface area contributed by atoms with Crippen molar-refractivity contribution in [3.8, 4) is 0 Å². The van der Waals surface area contributed by atoms with Crippen LogP contribution in [0.4, 0.5) is 24.7 Å². The SMILES string of the molecule is CN(C)c1cc(C(=O)Nc2ccccc2SC(F)(F)F)ccn1. The normalized spacial score (nSPS) is 11.2. The topological polar surface area (TPSA) is 45.2 Å². The van der Waals surface area contributed by atoms with E-state index < -0.39 is 11.4 Å². The van der Waals surface area contributed by atoms with E-state index in [0.717, 1.165) is 0 Å². The molecule has 8 heteroatoms. The average Bonchev–Trinajstić information content (AvgIpc) is 2.48. The zero-order valence-corrected chi connectivity index (χ0v) is 13.2. The number of benzene rings is 1. The van der Waals surface area contributed by atoms with Gasteiger partial charge in [-0.15, -0.1) is 0 Å². The van der Waals surface area contributed by atoms with Gasteiger partial charge in [-0.25, -0.2) is 4.98 Å². The lowest BCUT2D eigenvalue weighted by atomic mass is 10.2. The standard InChI is InChI=1S/C15H14F3N3OS/c1-21(2)13-9-10(7-8-19-13)14(22)20-11-5-3-4-6-12(11)23-15(16,17)18/h3-9H,1-2H3,(H,20,22). The number of hydrogen-bond donors (Lipinski definition) is 1. The third kappa shape index (κ3) is 4.88. The summed E-state index contributed by atoms with van der Waals surface area (Å²) in [5, 5.41) is 2.51. The molecule has 0 radical (unpaired) electrons. The lowest BCUT2D eigenvalue weighted by Gasteiger charge is -2.14. The Labute approximate surface area is 135 Å². The lowest BCUT2D eigenvalue weighted by molar-refractivity contribution is -0.0328. The molecule has 2 rings (SSSR count). The van der Waals surface area contributed by atoms with E-state index in [9.17, 15) is 18.0 Å². The number of pyridine rings is 1. The number of nitrogens with one attached hydrogen (secondary N) is 1. The van der Waals surface area contributed by atoms with E-state index in [4.69, 9.17) is 0 Å². The van der Waals surface area contributed by atoms with Gasteiger partial charge >= 0.3 is 5.51 Å². The molecule has 2 aromatic rings. The Kier molecular flexibility index (Phi) is 5.15. The fourth-order valence-electron chi connectivity index (χ4n) is 1.78. The van der Waals surface area contributed by atoms with E-state index in [1.54, 1.807) is 31.1 Å². The molecule has 1 amide bonds. The summed E-state index contributed by atoms with van der Waals surface area (Å²) >= 11 is -0.263. The van der Waals surface area contributed by atoms with Crippen LogP contribution in [-0.4, -0.2) is 30.5 Å². The van der Waals surface area contributed by atoms with E-state index >= 15 is 0 Å². The molecule has 0 aliphatic heterocycles. The number of rotatable bonds is 4. The summed E-state index contributed by atoms with van der Waals surface area (Å²) in [7, 11) is 3.55. The molecule has 1 heterocycles. The number of aromatic nitrogens is 1. The predicted octanol–water partition coefficient (Wildman–Crippen LogP) is 4.01. The van der Waals surface area contributed by atoms with Crippen molar-refractivity contribution in [2.24, 2.45) is 0 Å². The molecule has 1 N–H and O–H groups in total. The van der Waals surface area contributed by atoms with Gasteiger partial charge in [0.05, 0.1) is 5.69 Å². The van der Waals surface area contributed by atoms with Gasteiger partial charge in [-0.2, -0.15) is 13.2 Å². The van der Waals surface area contributed by atoms with Crippen molar-refractivity contribution in [1.82, 2.24) is 4.98 Å². The van der Waals surface area contributed by atoms with E-state index in [0.29, 0.717) is 11.4 Å². The summed E-state index contributed by atoms with van der Waals surface area (Å²) in [6, 6.07) is 8.86. The fourth-order valence-corrected chi connectivity index (χ4v) is 2.41. The number of para-hydroxylation sites is 1. The average molecular weight is 341 g/mol. The molecule has 0 saturated heterocycles. The van der Waals surface area contributed by atoms with Gasteiger partial charge in [-0.3, -0.25) is 4.79 Å². The number of hydrogen-bond acceptors (Lipinski definition) is 4. The molecular weight excluding hydrogens is 327 g/mol. The van der Waals surface area contributed by atoms with E-state index in [1.165, 1.54) is 30.5 Å². The maximum Gasteiger partial charge on any atom is 0.446 e. The van der Waals surface area contributed by atoms with Gasteiger partial charge in [0.15, 0.2) is 0 Å². The second kappa shape index (κ2) is 6.91. The molecule has 0 aliphatic carbocycles. The summed E-state index contributed by atoms with van der Waals surface area (Å²) in [5.74, 6) is 0.0846. The van der Waals surface area contributed by atoms with E-state index in [-0.39, 0.29) is 22.3 Å². The van der Waals surface area contributed by atoms with Crippen molar-refractivity contribution in [3.63, 3.8) is 0 Å². The first-order chi connectivity index (χ1) is 10.8. The van der Waals surface area contributed by atoms with Gasteiger partial charge in [0, 0.05) is 30.8 Å². The highest BCUT2D eigenvalue weighted by atomic mass is 32.2. The van der Waals surface area contributed by atoms with Crippen molar-refractivity contribution in [2.45, 2.75) is 10.4 Å². The van der Waals surface area contributed by atoms with E-state index in [1.807, 2.05) is 0 Å². The van der Waals surface area contributed by atoms with Gasteiger partial charge in [0.25, 0.3) is 5.91 Å². The third-order valence-electron chi connectivity index (χ3n) is 2.83. The Morgan fingerprint density at radius 1 is 1.22 bits per heavy atom. The second-order valence-electron chi connectivity index (χ2n) is 4.80. The summed E-state index contributed by atoms with van der Waals surface area (Å²) < 4.78 is 37.7. The van der Waals surface area contributed by atoms with Crippen LogP contribution in [0, 0.1) is 0 Å². The van der Waals surface area contributed by atoms with Gasteiger partial charge in [-0.1, -0.05) is 12.1 Å². The van der Waals surface area contributed by atoms with Crippen molar-refractivity contribution in [3.05, 3.63) is 48.2 Å². The number of alkyl halides is 3. The van der Waals surface area contributed by atoms with Crippen LogP contribution in [0.1, 0.15) is 10.4 Å². The first-order valence-corrected chi connectivity index (χ1v) is 7.37. The van der Waals surface area contributed by atoms with Crippen LogP contribution >= 0.6 is 11.8 Å². The Morgan fingerprint density at radius 3 is 2.57 bits per heavy atom. The highest BCUT2D eigenvalue weighted by Gasteiger charge is 2.30. The molecule has 1 aromatic heterocycles. The number of halogens is 3. The number of nitrogens with zero attached hydrogens (tertiary/aromatic N) is 2. The van der Waals surface area contributed by atoms with Crippen molar-refractivity contribution < 1.29 is 18.0 Å². The number of anilines is 2. The van der Waals surface area contributed by atoms with Gasteiger partial charge < -0.3 is 10.2 Å². The first kappa shape index (κ1) is 17.1. The van der Waals surface area contributed by atoms with Gasteiger partial charge in [0.2, 0.25) is 0 Å². The highest BCUT2D eigenvalue weighted by Crippen LogP contribution is 2.40. The minimum Gasteiger partial charge on any atom is -0.363 e.